The summed E-state index contributed by atoms with van der Waals surface area (Å²) in [5.41, 5.74) is 0. The van der Waals surface area contributed by atoms with Crippen molar-refractivity contribution in [3.8, 4) is 0 Å². The molecule has 0 rings (SSSR count). The van der Waals surface area contributed by atoms with Crippen molar-refractivity contribution in [3.63, 3.8) is 0 Å². The van der Waals surface area contributed by atoms with Crippen LogP contribution in [-0.2, 0) is 21.1 Å². The maximum absolute atomic E-state index is 0. The molecule has 56 valence electrons. The summed E-state index contributed by atoms with van der Waals surface area (Å²) >= 11 is 0. The average molecular weight is 317 g/mol. The molecule has 0 aromatic heterocycles. The summed E-state index contributed by atoms with van der Waals surface area (Å²) < 4.78 is 0. The van der Waals surface area contributed by atoms with E-state index in [0.29, 0.717) is 0 Å². The van der Waals surface area contributed by atoms with Gasteiger partial charge < -0.3 is 42.5 Å². The zero-order valence-corrected chi connectivity index (χ0v) is 7.05. The first kappa shape index (κ1) is 590. The molecule has 0 bridgehead atoms. The molecule has 0 heterocycles. The first-order valence-corrected chi connectivity index (χ1v) is 0. The van der Waals surface area contributed by atoms with E-state index in [9.17, 15) is 0 Å². The number of hydrogen-bond acceptors (Lipinski definition) is 4. The molecular weight excluding hydrogens is 303 g/mol. The van der Waals surface area contributed by atoms with Gasteiger partial charge in [-0.3, -0.25) is 0 Å². The molecule has 0 aromatic rings. The largest absolute Gasteiger partial charge is 2.00 e. The fourth-order valence-electron chi connectivity index (χ4n) is 0. The summed E-state index contributed by atoms with van der Waals surface area (Å²) in [6.07, 6.45) is 0. The van der Waals surface area contributed by atoms with Gasteiger partial charge in [0.25, 0.3) is 0 Å². The van der Waals surface area contributed by atoms with E-state index in [2.05, 4.69) is 0 Å². The van der Waals surface area contributed by atoms with Gasteiger partial charge in [-0.2, -0.15) is 0 Å². The van der Waals surface area contributed by atoms with Crippen LogP contribution in [0.4, 0.5) is 0 Å². The van der Waals surface area contributed by atoms with Crippen LogP contribution in [0.3, 0.4) is 0 Å². The molecule has 0 spiro atoms. The van der Waals surface area contributed by atoms with Crippen LogP contribution in [0.2, 0.25) is 0 Å². The smallest absolute Gasteiger partial charge is 1.00 e. The van der Waals surface area contributed by atoms with Crippen molar-refractivity contribution in [2.75, 3.05) is 0 Å². The van der Waals surface area contributed by atoms with Crippen molar-refractivity contribution < 1.29 is 38.9 Å². The summed E-state index contributed by atoms with van der Waals surface area (Å²) in [5, 5.41) is 0. The van der Waals surface area contributed by atoms with Gasteiger partial charge >= 0.3 is 21.1 Å². The van der Waals surface area contributed by atoms with Gasteiger partial charge in [0.1, 0.15) is 0 Å². The van der Waals surface area contributed by atoms with E-state index >= 15 is 0 Å². The summed E-state index contributed by atoms with van der Waals surface area (Å²) in [6, 6.07) is 0. The van der Waals surface area contributed by atoms with Crippen molar-refractivity contribution in [2.45, 2.75) is 0 Å². The second kappa shape index (κ2) is 374. The van der Waals surface area contributed by atoms with E-state index < -0.39 is 0 Å². The predicted molar refractivity (Wildman–Crippen MR) is 23.7 cm³/mol. The van der Waals surface area contributed by atoms with E-state index in [1.807, 2.05) is 0 Å². The topological polar surface area (TPSA) is 172 Å². The Hall–Kier alpha value is 0.778. The molecule has 0 aliphatic rings. The molecule has 0 aliphatic heterocycles. The molecule has 7 heavy (non-hydrogen) atoms. The van der Waals surface area contributed by atoms with Gasteiger partial charge in [0.15, 0.2) is 0 Å². The van der Waals surface area contributed by atoms with Crippen LogP contribution in [0.5, 0.6) is 0 Å². The minimum absolute atomic E-state index is 0. The zero-order chi connectivity index (χ0) is 0. The fraction of sp³-hybridized carbons (Fsp3) is 0. The molecule has 0 fully saturated rings. The van der Waals surface area contributed by atoms with Gasteiger partial charge in [-0.1, -0.05) is 0 Å². The van der Waals surface area contributed by atoms with Crippen LogP contribution in [0.1, 0.15) is 0 Å². The Morgan fingerprint density at radius 2 is 0.571 bits per heavy atom. The van der Waals surface area contributed by atoms with Crippen molar-refractivity contribution in [2.24, 2.45) is 0 Å². The van der Waals surface area contributed by atoms with Crippen LogP contribution >= 0.6 is 0 Å². The van der Waals surface area contributed by atoms with Crippen LogP contribution in [-0.4, -0.2) is 5.48 Å². The molecule has 5 nitrogen and oxygen atoms in total. The standard InChI is InChI=1S/ClH.4H3N.H2O.Pt/h1H;4*1H3;1H2;/q;;;;;;+2/p-1. The number of halogens is 1. The van der Waals surface area contributed by atoms with E-state index in [-0.39, 0.29) is 63.6 Å². The second-order valence-electron chi connectivity index (χ2n) is 0. The van der Waals surface area contributed by atoms with Crippen molar-refractivity contribution in [3.05, 3.63) is 0 Å². The third kappa shape index (κ3) is 255. The molecule has 0 saturated carbocycles. The monoisotopic (exact) mass is 316 g/mol. The molecule has 0 aliphatic carbocycles. The van der Waals surface area contributed by atoms with Gasteiger partial charge in [0.05, 0.1) is 0 Å². The van der Waals surface area contributed by atoms with Crippen LogP contribution in [0, 0.1) is 0 Å². The fourth-order valence-corrected chi connectivity index (χ4v) is 0. The van der Waals surface area contributed by atoms with Crippen LogP contribution < -0.4 is 37.0 Å². The first-order valence-electron chi connectivity index (χ1n) is 0. The Labute approximate surface area is 63.9 Å². The third-order valence-corrected chi connectivity index (χ3v) is 0. The van der Waals surface area contributed by atoms with Gasteiger partial charge in [-0.25, -0.2) is 0 Å². The van der Waals surface area contributed by atoms with Crippen LogP contribution in [0.25, 0.3) is 0 Å². The molecule has 0 unspecified atom stereocenters. The van der Waals surface area contributed by atoms with E-state index in [4.69, 9.17) is 0 Å². The SMILES string of the molecule is N.N.N.N.O.[Cl-].[Pt+2]. The molecule has 0 radical (unpaired) electrons. The molecular formula is H14ClN4OPt+. The predicted octanol–water partition coefficient (Wildman–Crippen LogP) is -3.18. The third-order valence-electron chi connectivity index (χ3n) is 0. The Morgan fingerprint density at radius 1 is 0.571 bits per heavy atom. The minimum Gasteiger partial charge on any atom is -1.00 e. The molecule has 0 amide bonds. The Morgan fingerprint density at radius 3 is 0.571 bits per heavy atom. The van der Waals surface area contributed by atoms with Crippen molar-refractivity contribution in [1.82, 2.24) is 24.6 Å². The Kier molecular flexibility index (Phi) is 31500. The summed E-state index contributed by atoms with van der Waals surface area (Å²) in [6.45, 7) is 0. The number of hydrogen-bond donors (Lipinski definition) is 4. The summed E-state index contributed by atoms with van der Waals surface area (Å²) in [5.74, 6) is 0. The zero-order valence-electron chi connectivity index (χ0n) is 4.02. The summed E-state index contributed by atoms with van der Waals surface area (Å²) in [4.78, 5) is 0. The summed E-state index contributed by atoms with van der Waals surface area (Å²) in [7, 11) is 0. The maximum atomic E-state index is 0. The molecule has 7 heteroatoms. The second-order valence-corrected chi connectivity index (χ2v) is 0. The van der Waals surface area contributed by atoms with Crippen molar-refractivity contribution >= 4 is 0 Å². The number of rotatable bonds is 0. The van der Waals surface area contributed by atoms with Gasteiger partial charge in [-0.05, 0) is 0 Å². The Balaban J connectivity index is 0. The van der Waals surface area contributed by atoms with E-state index in [1.54, 1.807) is 0 Å². The molecule has 14 N–H and O–H groups in total. The normalized spacial score (nSPS) is 0. The maximum Gasteiger partial charge on any atom is 2.00 e. The van der Waals surface area contributed by atoms with E-state index in [0.717, 1.165) is 0 Å². The van der Waals surface area contributed by atoms with Gasteiger partial charge in [0.2, 0.25) is 0 Å². The quantitative estimate of drug-likeness (QED) is 0.369. The van der Waals surface area contributed by atoms with Gasteiger partial charge in [-0.15, -0.1) is 0 Å². The van der Waals surface area contributed by atoms with Crippen molar-refractivity contribution in [1.29, 1.82) is 0 Å². The van der Waals surface area contributed by atoms with Gasteiger partial charge in [0, 0.05) is 0 Å². The average Bonchev–Trinajstić information content (AvgIpc) is 0. The van der Waals surface area contributed by atoms with E-state index in [1.165, 1.54) is 0 Å². The van der Waals surface area contributed by atoms with Crippen LogP contribution in [0.15, 0.2) is 0 Å². The Bertz CT molecular complexity index is 11.7. The molecule has 0 saturated heterocycles. The first-order chi connectivity index (χ1) is 0. The minimum atomic E-state index is 0. The molecule has 0 aromatic carbocycles. The molecule has 0 atom stereocenters.